The van der Waals surface area contributed by atoms with Crippen LogP contribution in [0.2, 0.25) is 0 Å². The molecule has 2 amide bonds. The van der Waals surface area contributed by atoms with Crippen LogP contribution in [-0.2, 0) is 14.3 Å². The Morgan fingerprint density at radius 1 is 1.19 bits per heavy atom. The molecule has 0 bridgehead atoms. The summed E-state index contributed by atoms with van der Waals surface area (Å²) in [6.07, 6.45) is 3.48. The van der Waals surface area contributed by atoms with Gasteiger partial charge in [0.05, 0.1) is 6.61 Å². The number of nitrogens with one attached hydrogen (secondary N) is 3. The Balaban J connectivity index is 1.78. The molecule has 1 fully saturated rings. The number of aryl methyl sites for hydroxylation is 1. The lowest BCUT2D eigenvalue weighted by molar-refractivity contribution is -0.152. The number of amides is 2. The van der Waals surface area contributed by atoms with E-state index in [0.717, 1.165) is 31.4 Å². The lowest BCUT2D eigenvalue weighted by Gasteiger charge is -2.30. The van der Waals surface area contributed by atoms with Crippen LogP contribution in [0.3, 0.4) is 0 Å². The van der Waals surface area contributed by atoms with Crippen molar-refractivity contribution < 1.29 is 19.1 Å². The molecule has 0 aliphatic heterocycles. The van der Waals surface area contributed by atoms with Crippen LogP contribution in [0.1, 0.15) is 62.1 Å². The third-order valence-electron chi connectivity index (χ3n) is 4.64. The quantitative estimate of drug-likeness (QED) is 0.501. The summed E-state index contributed by atoms with van der Waals surface area (Å²) in [4.78, 5) is 36.3. The van der Waals surface area contributed by atoms with Crippen LogP contribution < -0.4 is 10.6 Å². The number of rotatable bonds is 7. The summed E-state index contributed by atoms with van der Waals surface area (Å²) in [6.45, 7) is 5.63. The number of ether oxygens (including phenoxy) is 1. The van der Waals surface area contributed by atoms with Gasteiger partial charge < -0.3 is 15.4 Å². The minimum absolute atomic E-state index is 0.0201. The van der Waals surface area contributed by atoms with Crippen molar-refractivity contribution in [1.29, 1.82) is 0 Å². The molecule has 1 saturated carbocycles. The van der Waals surface area contributed by atoms with Gasteiger partial charge >= 0.3 is 5.97 Å². The molecule has 2 rings (SSSR count). The van der Waals surface area contributed by atoms with E-state index in [1.807, 2.05) is 6.92 Å². The predicted octanol–water partition coefficient (Wildman–Crippen LogP) is 1.46. The van der Waals surface area contributed by atoms with E-state index in [9.17, 15) is 14.4 Å². The Bertz CT molecular complexity index is 635. The third-order valence-corrected chi connectivity index (χ3v) is 4.64. The lowest BCUT2D eigenvalue weighted by atomic mass is 9.90. The van der Waals surface area contributed by atoms with Gasteiger partial charge in [0.25, 0.3) is 5.91 Å². The molecular formula is C18H28N4O4. The fourth-order valence-corrected chi connectivity index (χ4v) is 3.18. The van der Waals surface area contributed by atoms with Crippen molar-refractivity contribution in [2.75, 3.05) is 6.61 Å². The minimum atomic E-state index is -0.754. The molecule has 1 aromatic rings. The standard InChI is InChI=1S/C18H28N4O4/c1-4-14(18(25)26-5-2)16(23)19-12-6-8-13(9-7-12)20-17(24)15-10-11(3)21-22-15/h10,12-14H,4-9H2,1-3H3,(H,19,23)(H,20,24)(H,21,22). The number of carbonyl (C=O) groups is 3. The highest BCUT2D eigenvalue weighted by Gasteiger charge is 2.30. The highest BCUT2D eigenvalue weighted by Crippen LogP contribution is 2.20. The normalized spacial score (nSPS) is 20.9. The van der Waals surface area contributed by atoms with Crippen LogP contribution in [0.5, 0.6) is 0 Å². The number of esters is 1. The van der Waals surface area contributed by atoms with E-state index in [1.165, 1.54) is 0 Å². The number of nitrogens with zero attached hydrogens (tertiary/aromatic N) is 1. The number of aromatic amines is 1. The van der Waals surface area contributed by atoms with Gasteiger partial charge in [-0.1, -0.05) is 6.92 Å². The van der Waals surface area contributed by atoms with Crippen molar-refractivity contribution in [3.05, 3.63) is 17.5 Å². The second kappa shape index (κ2) is 9.35. The molecule has 1 heterocycles. The first-order valence-corrected chi connectivity index (χ1v) is 9.24. The Kier molecular flexibility index (Phi) is 7.17. The highest BCUT2D eigenvalue weighted by atomic mass is 16.5. The van der Waals surface area contributed by atoms with Gasteiger partial charge in [0.15, 0.2) is 0 Å². The zero-order chi connectivity index (χ0) is 19.1. The molecule has 1 aromatic heterocycles. The van der Waals surface area contributed by atoms with Crippen molar-refractivity contribution in [3.63, 3.8) is 0 Å². The SMILES string of the molecule is CCOC(=O)C(CC)C(=O)NC1CCC(NC(=O)c2cc(C)[nH]n2)CC1. The highest BCUT2D eigenvalue weighted by molar-refractivity contribution is 5.97. The summed E-state index contributed by atoms with van der Waals surface area (Å²) in [5, 5.41) is 12.6. The minimum Gasteiger partial charge on any atom is -0.465 e. The number of hydrogen-bond acceptors (Lipinski definition) is 5. The predicted molar refractivity (Wildman–Crippen MR) is 95.4 cm³/mol. The molecule has 0 saturated heterocycles. The van der Waals surface area contributed by atoms with Crippen LogP contribution in [0, 0.1) is 12.8 Å². The molecule has 1 aliphatic rings. The molecule has 0 radical (unpaired) electrons. The molecule has 8 heteroatoms. The maximum Gasteiger partial charge on any atom is 0.318 e. The van der Waals surface area contributed by atoms with Gasteiger partial charge in [0.2, 0.25) is 5.91 Å². The van der Waals surface area contributed by atoms with Gasteiger partial charge in [0.1, 0.15) is 11.6 Å². The van der Waals surface area contributed by atoms with Gasteiger partial charge in [-0.2, -0.15) is 5.10 Å². The van der Waals surface area contributed by atoms with Gasteiger partial charge in [0, 0.05) is 17.8 Å². The van der Waals surface area contributed by atoms with Crippen molar-refractivity contribution in [1.82, 2.24) is 20.8 Å². The van der Waals surface area contributed by atoms with Gasteiger partial charge in [-0.3, -0.25) is 19.5 Å². The molecule has 26 heavy (non-hydrogen) atoms. The van der Waals surface area contributed by atoms with E-state index in [2.05, 4.69) is 20.8 Å². The van der Waals surface area contributed by atoms with E-state index >= 15 is 0 Å². The van der Waals surface area contributed by atoms with E-state index in [-0.39, 0.29) is 30.5 Å². The molecule has 3 N–H and O–H groups in total. The molecule has 1 unspecified atom stereocenters. The molecule has 144 valence electrons. The topological polar surface area (TPSA) is 113 Å². The van der Waals surface area contributed by atoms with E-state index in [1.54, 1.807) is 19.9 Å². The van der Waals surface area contributed by atoms with Crippen LogP contribution >= 0.6 is 0 Å². The van der Waals surface area contributed by atoms with Crippen LogP contribution in [0.15, 0.2) is 6.07 Å². The number of carbonyl (C=O) groups excluding carboxylic acids is 3. The Hall–Kier alpha value is -2.38. The fourth-order valence-electron chi connectivity index (χ4n) is 3.18. The Morgan fingerprint density at radius 2 is 1.81 bits per heavy atom. The summed E-state index contributed by atoms with van der Waals surface area (Å²) in [5.41, 5.74) is 1.23. The fraction of sp³-hybridized carbons (Fsp3) is 0.667. The summed E-state index contributed by atoms with van der Waals surface area (Å²) in [5.74, 6) is -1.68. The summed E-state index contributed by atoms with van der Waals surface area (Å²) < 4.78 is 4.95. The van der Waals surface area contributed by atoms with E-state index < -0.39 is 11.9 Å². The van der Waals surface area contributed by atoms with Gasteiger partial charge in [-0.15, -0.1) is 0 Å². The van der Waals surface area contributed by atoms with Gasteiger partial charge in [-0.05, 0) is 52.0 Å². The number of hydrogen-bond donors (Lipinski definition) is 3. The average molecular weight is 364 g/mol. The second-order valence-corrected chi connectivity index (χ2v) is 6.68. The van der Waals surface area contributed by atoms with Crippen molar-refractivity contribution in [2.24, 2.45) is 5.92 Å². The monoisotopic (exact) mass is 364 g/mol. The third kappa shape index (κ3) is 5.31. The average Bonchev–Trinajstić information content (AvgIpc) is 3.04. The maximum absolute atomic E-state index is 12.3. The molecule has 1 aliphatic carbocycles. The Labute approximate surface area is 153 Å². The van der Waals surface area contributed by atoms with Crippen molar-refractivity contribution >= 4 is 17.8 Å². The van der Waals surface area contributed by atoms with E-state index in [0.29, 0.717) is 12.1 Å². The second-order valence-electron chi connectivity index (χ2n) is 6.68. The zero-order valence-corrected chi connectivity index (χ0v) is 15.6. The summed E-state index contributed by atoms with van der Waals surface area (Å²) >= 11 is 0. The number of aromatic nitrogens is 2. The Morgan fingerprint density at radius 3 is 2.31 bits per heavy atom. The first kappa shape index (κ1) is 19.9. The summed E-state index contributed by atoms with van der Waals surface area (Å²) in [7, 11) is 0. The zero-order valence-electron chi connectivity index (χ0n) is 15.6. The summed E-state index contributed by atoms with van der Waals surface area (Å²) in [6, 6.07) is 1.80. The van der Waals surface area contributed by atoms with Crippen LogP contribution in [0.4, 0.5) is 0 Å². The lowest BCUT2D eigenvalue weighted by Crippen LogP contribution is -2.46. The van der Waals surface area contributed by atoms with Crippen molar-refractivity contribution in [2.45, 2.75) is 65.0 Å². The van der Waals surface area contributed by atoms with Crippen LogP contribution in [0.25, 0.3) is 0 Å². The molecule has 0 spiro atoms. The first-order valence-electron chi connectivity index (χ1n) is 9.24. The number of H-pyrrole nitrogens is 1. The van der Waals surface area contributed by atoms with Crippen LogP contribution in [-0.4, -0.2) is 46.7 Å². The molecular weight excluding hydrogens is 336 g/mol. The first-order chi connectivity index (χ1) is 12.4. The maximum atomic E-state index is 12.3. The van der Waals surface area contributed by atoms with Crippen molar-refractivity contribution in [3.8, 4) is 0 Å². The largest absolute Gasteiger partial charge is 0.465 e. The van der Waals surface area contributed by atoms with E-state index in [4.69, 9.17) is 4.74 Å². The molecule has 0 aromatic carbocycles. The van der Waals surface area contributed by atoms with Gasteiger partial charge in [-0.25, -0.2) is 0 Å². The molecule has 8 nitrogen and oxygen atoms in total. The smallest absolute Gasteiger partial charge is 0.318 e. The molecule has 1 atom stereocenters.